The van der Waals surface area contributed by atoms with Crippen LogP contribution < -0.4 is 4.74 Å². The summed E-state index contributed by atoms with van der Waals surface area (Å²) in [6.45, 7) is 4.17. The van der Waals surface area contributed by atoms with Gasteiger partial charge in [-0.15, -0.1) is 11.3 Å². The highest BCUT2D eigenvalue weighted by Crippen LogP contribution is 2.47. The summed E-state index contributed by atoms with van der Waals surface area (Å²) >= 11 is 16.3. The fraction of sp³-hybridized carbons (Fsp3) is 0.286. The van der Waals surface area contributed by atoms with Crippen molar-refractivity contribution in [3.63, 3.8) is 0 Å². The van der Waals surface area contributed by atoms with E-state index in [2.05, 4.69) is 89.7 Å². The van der Waals surface area contributed by atoms with Gasteiger partial charge in [0.05, 0.1) is 15.7 Å². The lowest BCUT2D eigenvalue weighted by Crippen LogP contribution is -2.01. The predicted molar refractivity (Wildman–Crippen MR) is 101 cm³/mol. The van der Waals surface area contributed by atoms with Crippen molar-refractivity contribution in [3.8, 4) is 5.75 Å². The van der Waals surface area contributed by atoms with Gasteiger partial charge in [-0.3, -0.25) is 0 Å². The van der Waals surface area contributed by atoms with Gasteiger partial charge in [0.1, 0.15) is 5.75 Å². The summed E-state index contributed by atoms with van der Waals surface area (Å²) < 4.78 is 8.90. The second-order valence-corrected chi connectivity index (χ2v) is 9.41. The van der Waals surface area contributed by atoms with Crippen molar-refractivity contribution >= 4 is 75.1 Å². The van der Waals surface area contributed by atoms with Gasteiger partial charge >= 0.3 is 0 Å². The Kier molecular flexibility index (Phi) is 5.79. The molecule has 0 N–H and O–H groups in total. The summed E-state index contributed by atoms with van der Waals surface area (Å²) in [7, 11) is 1.72. The molecule has 0 radical (unpaired) electrons. The Bertz CT molecular complexity index is 632. The average molecular weight is 548 g/mol. The summed E-state index contributed by atoms with van der Waals surface area (Å²) in [5, 5.41) is 0. The quantitative estimate of drug-likeness (QED) is 0.371. The van der Waals surface area contributed by atoms with E-state index in [1.54, 1.807) is 18.4 Å². The zero-order chi connectivity index (χ0) is 15.0. The second-order valence-electron chi connectivity index (χ2n) is 4.38. The molecule has 1 nitrogen and oxygen atoms in total. The molecule has 0 amide bonds. The molecule has 1 heterocycles. The molecule has 1 aromatic heterocycles. The first-order valence-electron chi connectivity index (χ1n) is 5.79. The highest BCUT2D eigenvalue weighted by atomic mass is 79.9. The molecule has 1 unspecified atom stereocenters. The lowest BCUT2D eigenvalue weighted by molar-refractivity contribution is 0.407. The van der Waals surface area contributed by atoms with Gasteiger partial charge in [0.15, 0.2) is 0 Å². The number of rotatable bonds is 3. The third kappa shape index (κ3) is 3.19. The maximum absolute atomic E-state index is 5.62. The van der Waals surface area contributed by atoms with Crippen LogP contribution in [-0.2, 0) is 0 Å². The minimum absolute atomic E-state index is 0.0984. The van der Waals surface area contributed by atoms with E-state index in [-0.39, 0.29) is 4.83 Å². The number of ether oxygens (including phenoxy) is 1. The van der Waals surface area contributed by atoms with Gasteiger partial charge in [0.25, 0.3) is 0 Å². The minimum atomic E-state index is 0.0984. The Morgan fingerprint density at radius 3 is 2.25 bits per heavy atom. The molecular weight excluding hydrogens is 536 g/mol. The summed E-state index contributed by atoms with van der Waals surface area (Å²) in [6.07, 6.45) is 0. The Labute approximate surface area is 156 Å². The fourth-order valence-corrected chi connectivity index (χ4v) is 5.68. The van der Waals surface area contributed by atoms with Crippen LogP contribution in [-0.4, -0.2) is 7.11 Å². The molecule has 0 saturated heterocycles. The topological polar surface area (TPSA) is 9.23 Å². The molecule has 6 heteroatoms. The molecule has 0 aliphatic rings. The second kappa shape index (κ2) is 6.82. The minimum Gasteiger partial charge on any atom is -0.496 e. The summed E-state index contributed by atoms with van der Waals surface area (Å²) in [5.41, 5.74) is 3.48. The van der Waals surface area contributed by atoms with Gasteiger partial charge < -0.3 is 4.74 Å². The fourth-order valence-electron chi connectivity index (χ4n) is 2.08. The highest BCUT2D eigenvalue weighted by Gasteiger charge is 2.23. The first-order valence-corrected chi connectivity index (χ1v) is 9.90. The Morgan fingerprint density at radius 2 is 1.75 bits per heavy atom. The largest absolute Gasteiger partial charge is 0.496 e. The Morgan fingerprint density at radius 1 is 1.10 bits per heavy atom. The highest BCUT2D eigenvalue weighted by molar-refractivity contribution is 9.13. The van der Waals surface area contributed by atoms with Gasteiger partial charge in [-0.2, -0.15) is 0 Å². The van der Waals surface area contributed by atoms with Crippen LogP contribution >= 0.6 is 75.1 Å². The third-order valence-corrected chi connectivity index (χ3v) is 8.48. The molecule has 108 valence electrons. The van der Waals surface area contributed by atoms with Gasteiger partial charge in [-0.1, -0.05) is 31.9 Å². The van der Waals surface area contributed by atoms with Crippen LogP contribution in [0, 0.1) is 13.8 Å². The zero-order valence-electron chi connectivity index (χ0n) is 11.1. The molecule has 0 fully saturated rings. The number of halogens is 4. The number of hydrogen-bond donors (Lipinski definition) is 0. The normalized spacial score (nSPS) is 12.6. The molecule has 20 heavy (non-hydrogen) atoms. The Hall–Kier alpha value is 0.640. The first-order chi connectivity index (χ1) is 9.36. The van der Waals surface area contributed by atoms with Crippen molar-refractivity contribution in [2.75, 3.05) is 7.11 Å². The van der Waals surface area contributed by atoms with Crippen LogP contribution in [0.25, 0.3) is 0 Å². The summed E-state index contributed by atoms with van der Waals surface area (Å²) in [6, 6.07) is 4.22. The van der Waals surface area contributed by atoms with E-state index in [1.807, 2.05) is 0 Å². The number of thiophene rings is 1. The average Bonchev–Trinajstić information content (AvgIpc) is 2.73. The number of aryl methyl sites for hydroxylation is 1. The maximum Gasteiger partial charge on any atom is 0.126 e. The SMILES string of the molecule is COc1c(C)cc(Br)c(C)c1C(Br)c1cc(Br)c(Br)s1. The van der Waals surface area contributed by atoms with Crippen molar-refractivity contribution in [2.45, 2.75) is 18.7 Å². The molecule has 0 spiro atoms. The number of alkyl halides is 1. The van der Waals surface area contributed by atoms with Crippen LogP contribution in [0.2, 0.25) is 0 Å². The van der Waals surface area contributed by atoms with Crippen LogP contribution in [0.5, 0.6) is 5.75 Å². The van der Waals surface area contributed by atoms with E-state index < -0.39 is 0 Å². The summed E-state index contributed by atoms with van der Waals surface area (Å²) in [5.74, 6) is 0.938. The van der Waals surface area contributed by atoms with E-state index >= 15 is 0 Å². The van der Waals surface area contributed by atoms with Crippen molar-refractivity contribution in [1.29, 1.82) is 0 Å². The lowest BCUT2D eigenvalue weighted by Gasteiger charge is -2.19. The van der Waals surface area contributed by atoms with E-state index in [1.165, 1.54) is 16.0 Å². The number of benzene rings is 1. The first kappa shape index (κ1) is 17.0. The molecule has 0 aliphatic heterocycles. The van der Waals surface area contributed by atoms with Crippen LogP contribution in [0.3, 0.4) is 0 Å². The monoisotopic (exact) mass is 544 g/mol. The number of methoxy groups -OCH3 is 1. The predicted octanol–water partition coefficient (Wildman–Crippen LogP) is 7.15. The maximum atomic E-state index is 5.62. The van der Waals surface area contributed by atoms with Crippen LogP contribution in [0.1, 0.15) is 26.4 Å². The lowest BCUT2D eigenvalue weighted by atomic mass is 10.00. The van der Waals surface area contributed by atoms with Crippen molar-refractivity contribution < 1.29 is 4.74 Å². The standard InChI is InChI=1S/C14H12Br4OS/c1-6-4-8(15)7(2)11(13(6)19-3)12(17)10-5-9(16)14(18)20-10/h4-5,12H,1-3H3. The zero-order valence-corrected chi connectivity index (χ0v) is 18.2. The Balaban J connectivity index is 2.61. The molecule has 2 rings (SSSR count). The molecule has 2 aromatic rings. The van der Waals surface area contributed by atoms with E-state index in [4.69, 9.17) is 4.74 Å². The van der Waals surface area contributed by atoms with Crippen molar-refractivity contribution in [1.82, 2.24) is 0 Å². The van der Waals surface area contributed by atoms with Gasteiger partial charge in [-0.05, 0) is 69.0 Å². The molecular formula is C14H12Br4OS. The van der Waals surface area contributed by atoms with E-state index in [0.29, 0.717) is 0 Å². The van der Waals surface area contributed by atoms with E-state index in [0.717, 1.165) is 24.0 Å². The molecule has 0 bridgehead atoms. The molecule has 1 atom stereocenters. The van der Waals surface area contributed by atoms with Gasteiger partial charge in [0.2, 0.25) is 0 Å². The van der Waals surface area contributed by atoms with E-state index in [9.17, 15) is 0 Å². The van der Waals surface area contributed by atoms with Gasteiger partial charge in [0, 0.05) is 19.4 Å². The molecule has 0 aliphatic carbocycles. The molecule has 1 aromatic carbocycles. The van der Waals surface area contributed by atoms with Crippen molar-refractivity contribution in [3.05, 3.63) is 46.4 Å². The van der Waals surface area contributed by atoms with Crippen LogP contribution in [0.15, 0.2) is 24.9 Å². The van der Waals surface area contributed by atoms with Gasteiger partial charge in [-0.25, -0.2) is 0 Å². The molecule has 0 saturated carbocycles. The smallest absolute Gasteiger partial charge is 0.126 e. The number of hydrogen-bond acceptors (Lipinski definition) is 2. The third-order valence-electron chi connectivity index (χ3n) is 3.08. The van der Waals surface area contributed by atoms with Crippen LogP contribution in [0.4, 0.5) is 0 Å². The summed E-state index contributed by atoms with van der Waals surface area (Å²) in [4.78, 5) is 1.32. The van der Waals surface area contributed by atoms with Crippen molar-refractivity contribution in [2.24, 2.45) is 0 Å².